The summed E-state index contributed by atoms with van der Waals surface area (Å²) in [6.07, 6.45) is 5.15. The first-order valence-corrected chi connectivity index (χ1v) is 8.12. The van der Waals surface area contributed by atoms with Crippen LogP contribution in [0.1, 0.15) is 37.8 Å². The number of hydrogen-bond donors (Lipinski definition) is 1. The molecule has 0 amide bonds. The second-order valence-corrected chi connectivity index (χ2v) is 5.91. The largest absolute Gasteiger partial charge is 0.414 e. The summed E-state index contributed by atoms with van der Waals surface area (Å²) in [5.41, 5.74) is 7.26. The van der Waals surface area contributed by atoms with Crippen LogP contribution in [0.3, 0.4) is 0 Å². The Morgan fingerprint density at radius 2 is 2.05 bits per heavy atom. The highest BCUT2D eigenvalue weighted by molar-refractivity contribution is 7.99. The quantitative estimate of drug-likeness (QED) is 0.785. The predicted molar refractivity (Wildman–Crippen MR) is 86.9 cm³/mol. The molecule has 1 heterocycles. The molecule has 1 aromatic carbocycles. The van der Waals surface area contributed by atoms with Gasteiger partial charge in [0.1, 0.15) is 0 Å². The van der Waals surface area contributed by atoms with Gasteiger partial charge >= 0.3 is 0 Å². The van der Waals surface area contributed by atoms with Crippen LogP contribution >= 0.6 is 11.8 Å². The maximum Gasteiger partial charge on any atom is 0.276 e. The third-order valence-electron chi connectivity index (χ3n) is 3.38. The van der Waals surface area contributed by atoms with Crippen LogP contribution in [0.15, 0.2) is 46.0 Å². The molecule has 2 atom stereocenters. The Morgan fingerprint density at radius 1 is 1.29 bits per heavy atom. The van der Waals surface area contributed by atoms with Gasteiger partial charge in [0.05, 0.1) is 6.04 Å². The lowest BCUT2D eigenvalue weighted by Gasteiger charge is -2.13. The Hall–Kier alpha value is -1.59. The van der Waals surface area contributed by atoms with E-state index in [1.807, 2.05) is 18.2 Å². The van der Waals surface area contributed by atoms with Crippen molar-refractivity contribution in [1.29, 1.82) is 0 Å². The molecule has 0 radical (unpaired) electrons. The molecule has 21 heavy (non-hydrogen) atoms. The van der Waals surface area contributed by atoms with Crippen molar-refractivity contribution in [3.05, 3.63) is 47.9 Å². The smallest absolute Gasteiger partial charge is 0.276 e. The third-order valence-corrected chi connectivity index (χ3v) is 4.15. The van der Waals surface area contributed by atoms with Crippen molar-refractivity contribution < 1.29 is 4.42 Å². The average molecular weight is 303 g/mol. The number of benzene rings is 1. The maximum atomic E-state index is 6.07. The van der Waals surface area contributed by atoms with Crippen molar-refractivity contribution in [2.45, 2.75) is 31.5 Å². The average Bonchev–Trinajstić information content (AvgIpc) is 3.00. The standard InChI is InChI=1S/C16H21N3OS/c1-3-12(2)14(17)15-18-19-16(20-15)21-11-7-10-13-8-5-4-6-9-13/h4-10,12,14H,3,11,17H2,1-2H3/b10-7+. The highest BCUT2D eigenvalue weighted by Crippen LogP contribution is 2.24. The van der Waals surface area contributed by atoms with Crippen molar-refractivity contribution >= 4 is 17.8 Å². The molecule has 2 aromatic rings. The molecule has 0 saturated carbocycles. The van der Waals surface area contributed by atoms with Gasteiger partial charge < -0.3 is 10.2 Å². The van der Waals surface area contributed by atoms with Crippen molar-refractivity contribution in [2.75, 3.05) is 5.75 Å². The molecular formula is C16H21N3OS. The van der Waals surface area contributed by atoms with E-state index < -0.39 is 0 Å². The normalized spacial score (nSPS) is 14.4. The van der Waals surface area contributed by atoms with Gasteiger partial charge in [-0.3, -0.25) is 0 Å². The van der Waals surface area contributed by atoms with Gasteiger partial charge in [-0.15, -0.1) is 10.2 Å². The first-order valence-electron chi connectivity index (χ1n) is 7.14. The van der Waals surface area contributed by atoms with Gasteiger partial charge in [0.25, 0.3) is 5.22 Å². The molecule has 5 heteroatoms. The molecule has 0 bridgehead atoms. The molecule has 1 aromatic heterocycles. The van der Waals surface area contributed by atoms with Crippen molar-refractivity contribution in [2.24, 2.45) is 11.7 Å². The monoisotopic (exact) mass is 303 g/mol. The Bertz CT molecular complexity index is 568. The fourth-order valence-electron chi connectivity index (χ4n) is 1.78. The molecule has 0 aliphatic rings. The second kappa shape index (κ2) is 8.00. The maximum absolute atomic E-state index is 6.07. The minimum absolute atomic E-state index is 0.184. The van der Waals surface area contributed by atoms with Crippen LogP contribution < -0.4 is 5.73 Å². The fraction of sp³-hybridized carbons (Fsp3) is 0.375. The molecule has 2 unspecified atom stereocenters. The molecule has 0 spiro atoms. The van der Waals surface area contributed by atoms with E-state index in [0.29, 0.717) is 17.0 Å². The zero-order chi connectivity index (χ0) is 15.1. The van der Waals surface area contributed by atoms with Gasteiger partial charge in [-0.25, -0.2) is 0 Å². The van der Waals surface area contributed by atoms with Crippen molar-refractivity contribution in [1.82, 2.24) is 10.2 Å². The van der Waals surface area contributed by atoms with Gasteiger partial charge in [0.15, 0.2) is 0 Å². The lowest BCUT2D eigenvalue weighted by atomic mass is 10.0. The summed E-state index contributed by atoms with van der Waals surface area (Å²) in [5, 5.41) is 8.64. The Balaban J connectivity index is 1.84. The number of rotatable bonds is 7. The Morgan fingerprint density at radius 3 is 2.76 bits per heavy atom. The van der Waals surface area contributed by atoms with Gasteiger partial charge in [-0.2, -0.15) is 0 Å². The number of nitrogens with two attached hydrogens (primary N) is 1. The molecule has 0 fully saturated rings. The van der Waals surface area contributed by atoms with Crippen molar-refractivity contribution in [3.8, 4) is 0 Å². The summed E-state index contributed by atoms with van der Waals surface area (Å²) in [4.78, 5) is 0. The van der Waals surface area contributed by atoms with Crippen LogP contribution in [0.4, 0.5) is 0 Å². The van der Waals surface area contributed by atoms with Gasteiger partial charge in [-0.05, 0) is 11.5 Å². The minimum Gasteiger partial charge on any atom is -0.414 e. The number of aromatic nitrogens is 2. The van der Waals surface area contributed by atoms with Crippen LogP contribution in [-0.2, 0) is 0 Å². The summed E-state index contributed by atoms with van der Waals surface area (Å²) < 4.78 is 5.60. The molecule has 0 aliphatic heterocycles. The highest BCUT2D eigenvalue weighted by atomic mass is 32.2. The summed E-state index contributed by atoms with van der Waals surface area (Å²) in [5.74, 6) is 1.65. The minimum atomic E-state index is -0.184. The van der Waals surface area contributed by atoms with Crippen LogP contribution in [-0.4, -0.2) is 16.0 Å². The zero-order valence-electron chi connectivity index (χ0n) is 12.4. The lowest BCUT2D eigenvalue weighted by Crippen LogP contribution is -2.18. The predicted octanol–water partition coefficient (Wildman–Crippen LogP) is 3.92. The van der Waals surface area contributed by atoms with Crippen LogP contribution in [0.25, 0.3) is 6.08 Å². The van der Waals surface area contributed by atoms with E-state index in [2.05, 4.69) is 48.3 Å². The summed E-state index contributed by atoms with van der Waals surface area (Å²) in [6, 6.07) is 10.00. The number of thioether (sulfide) groups is 1. The molecule has 0 aliphatic carbocycles. The summed E-state index contributed by atoms with van der Waals surface area (Å²) in [7, 11) is 0. The lowest BCUT2D eigenvalue weighted by molar-refractivity contribution is 0.333. The van der Waals surface area contributed by atoms with E-state index in [1.165, 1.54) is 17.3 Å². The Labute approximate surface area is 129 Å². The zero-order valence-corrected chi connectivity index (χ0v) is 13.2. The second-order valence-electron chi connectivity index (χ2n) is 4.94. The molecule has 112 valence electrons. The van der Waals surface area contributed by atoms with E-state index in [4.69, 9.17) is 10.2 Å². The fourth-order valence-corrected chi connectivity index (χ4v) is 2.36. The first-order chi connectivity index (χ1) is 10.2. The van der Waals surface area contributed by atoms with E-state index in [1.54, 1.807) is 0 Å². The van der Waals surface area contributed by atoms with Crippen LogP contribution in [0.2, 0.25) is 0 Å². The van der Waals surface area contributed by atoms with Crippen LogP contribution in [0.5, 0.6) is 0 Å². The van der Waals surface area contributed by atoms with E-state index in [-0.39, 0.29) is 6.04 Å². The molecular weight excluding hydrogens is 282 g/mol. The van der Waals surface area contributed by atoms with E-state index >= 15 is 0 Å². The SMILES string of the molecule is CCC(C)C(N)c1nnc(SC/C=C/c2ccccc2)o1. The molecule has 2 rings (SSSR count). The Kier molecular flexibility index (Phi) is 6.02. The number of hydrogen-bond acceptors (Lipinski definition) is 5. The van der Waals surface area contributed by atoms with Crippen LogP contribution in [0, 0.1) is 5.92 Å². The molecule has 0 saturated heterocycles. The number of nitrogens with zero attached hydrogens (tertiary/aromatic N) is 2. The summed E-state index contributed by atoms with van der Waals surface area (Å²) >= 11 is 1.51. The van der Waals surface area contributed by atoms with Crippen molar-refractivity contribution in [3.63, 3.8) is 0 Å². The van der Waals surface area contributed by atoms with Gasteiger partial charge in [-0.1, -0.05) is 74.5 Å². The van der Waals surface area contributed by atoms with E-state index in [0.717, 1.165) is 12.2 Å². The van der Waals surface area contributed by atoms with Gasteiger partial charge in [0, 0.05) is 5.75 Å². The van der Waals surface area contributed by atoms with Gasteiger partial charge in [0.2, 0.25) is 5.89 Å². The molecule has 2 N–H and O–H groups in total. The topological polar surface area (TPSA) is 64.9 Å². The first kappa shape index (κ1) is 15.8. The summed E-state index contributed by atoms with van der Waals surface area (Å²) in [6.45, 7) is 4.19. The molecule has 4 nitrogen and oxygen atoms in total. The van der Waals surface area contributed by atoms with E-state index in [9.17, 15) is 0 Å². The highest BCUT2D eigenvalue weighted by Gasteiger charge is 2.19. The third kappa shape index (κ3) is 4.72.